The molecule has 22 heavy (non-hydrogen) atoms. The van der Waals surface area contributed by atoms with Crippen LogP contribution in [0.25, 0.3) is 10.8 Å². The number of H-pyrrole nitrogens is 2. The minimum absolute atomic E-state index is 0.0762. The third kappa shape index (κ3) is 1.92. The molecule has 0 fully saturated rings. The van der Waals surface area contributed by atoms with Gasteiger partial charge in [-0.15, -0.1) is 0 Å². The molecule has 1 aliphatic heterocycles. The van der Waals surface area contributed by atoms with Gasteiger partial charge in [0.25, 0.3) is 11.5 Å². The smallest absolute Gasteiger partial charge is 0.256 e. The molecule has 3 heterocycles. The number of amides is 1. The molecule has 0 radical (unpaired) electrons. The van der Waals surface area contributed by atoms with Gasteiger partial charge in [-0.1, -0.05) is 18.2 Å². The van der Waals surface area contributed by atoms with E-state index in [0.29, 0.717) is 29.4 Å². The highest BCUT2D eigenvalue weighted by Crippen LogP contribution is 2.20. The Kier molecular flexibility index (Phi) is 2.82. The van der Waals surface area contributed by atoms with E-state index in [9.17, 15) is 9.59 Å². The molecule has 0 aliphatic carbocycles. The van der Waals surface area contributed by atoms with Crippen LogP contribution in [0.5, 0.6) is 0 Å². The van der Waals surface area contributed by atoms with E-state index >= 15 is 0 Å². The van der Waals surface area contributed by atoms with Gasteiger partial charge < -0.3 is 14.9 Å². The van der Waals surface area contributed by atoms with Gasteiger partial charge in [0.05, 0.1) is 29.8 Å². The molecule has 4 rings (SSSR count). The van der Waals surface area contributed by atoms with E-state index < -0.39 is 0 Å². The number of nitrogens with one attached hydrogen (secondary N) is 2. The van der Waals surface area contributed by atoms with Crippen molar-refractivity contribution in [2.24, 2.45) is 0 Å². The molecule has 0 unspecified atom stereocenters. The standard InChI is InChI=1S/C16H14N4O2/c21-15-11-4-2-1-3-10(11)12(7-17-15)16(22)20-6-5-13-14(8-20)19-9-18-13/h1-4,7,9H,5-6,8H2,(H,17,21)(H,18,19). The van der Waals surface area contributed by atoms with Gasteiger partial charge in [0.15, 0.2) is 0 Å². The Balaban J connectivity index is 1.75. The van der Waals surface area contributed by atoms with Gasteiger partial charge in [-0.2, -0.15) is 0 Å². The van der Waals surface area contributed by atoms with Crippen molar-refractivity contribution in [1.29, 1.82) is 0 Å². The van der Waals surface area contributed by atoms with E-state index in [4.69, 9.17) is 0 Å². The van der Waals surface area contributed by atoms with Gasteiger partial charge in [0.1, 0.15) is 0 Å². The largest absolute Gasteiger partial charge is 0.347 e. The molecule has 1 aromatic carbocycles. The number of aromatic nitrogens is 3. The number of imidazole rings is 1. The Bertz CT molecular complexity index is 925. The van der Waals surface area contributed by atoms with Crippen LogP contribution >= 0.6 is 0 Å². The summed E-state index contributed by atoms with van der Waals surface area (Å²) >= 11 is 0. The molecule has 6 nitrogen and oxygen atoms in total. The number of carbonyl (C=O) groups excluding carboxylic acids is 1. The van der Waals surface area contributed by atoms with Crippen molar-refractivity contribution in [3.8, 4) is 0 Å². The number of pyridine rings is 1. The van der Waals surface area contributed by atoms with Crippen molar-refractivity contribution in [1.82, 2.24) is 19.9 Å². The van der Waals surface area contributed by atoms with Gasteiger partial charge in [0.2, 0.25) is 0 Å². The maximum absolute atomic E-state index is 12.8. The minimum atomic E-state index is -0.179. The quantitative estimate of drug-likeness (QED) is 0.712. The van der Waals surface area contributed by atoms with Gasteiger partial charge in [-0.3, -0.25) is 9.59 Å². The van der Waals surface area contributed by atoms with Crippen molar-refractivity contribution in [2.75, 3.05) is 6.54 Å². The number of nitrogens with zero attached hydrogens (tertiary/aromatic N) is 2. The summed E-state index contributed by atoms with van der Waals surface area (Å²) < 4.78 is 0. The summed E-state index contributed by atoms with van der Waals surface area (Å²) in [5.41, 5.74) is 2.35. The van der Waals surface area contributed by atoms with Crippen molar-refractivity contribution in [3.63, 3.8) is 0 Å². The van der Waals surface area contributed by atoms with E-state index in [0.717, 1.165) is 17.8 Å². The molecular weight excluding hydrogens is 280 g/mol. The predicted octanol–water partition coefficient (Wildman–Crippen LogP) is 1.45. The molecule has 1 amide bonds. The van der Waals surface area contributed by atoms with Gasteiger partial charge in [-0.05, 0) is 6.07 Å². The van der Waals surface area contributed by atoms with Crippen LogP contribution in [0.4, 0.5) is 0 Å². The van der Waals surface area contributed by atoms with E-state index in [1.807, 2.05) is 12.1 Å². The third-order valence-electron chi connectivity index (χ3n) is 4.10. The molecule has 6 heteroatoms. The molecule has 110 valence electrons. The zero-order chi connectivity index (χ0) is 15.1. The SMILES string of the molecule is O=C(c1c[nH]c(=O)c2ccccc12)N1CCc2nc[nH]c2C1. The highest BCUT2D eigenvalue weighted by Gasteiger charge is 2.24. The van der Waals surface area contributed by atoms with Crippen LogP contribution in [-0.4, -0.2) is 32.3 Å². The van der Waals surface area contributed by atoms with Crippen LogP contribution < -0.4 is 5.56 Å². The number of hydrogen-bond donors (Lipinski definition) is 2. The molecule has 0 bridgehead atoms. The lowest BCUT2D eigenvalue weighted by molar-refractivity contribution is 0.0733. The summed E-state index contributed by atoms with van der Waals surface area (Å²) in [4.78, 5) is 36.4. The van der Waals surface area contributed by atoms with E-state index in [2.05, 4.69) is 15.0 Å². The number of rotatable bonds is 1. The lowest BCUT2D eigenvalue weighted by Crippen LogP contribution is -2.36. The van der Waals surface area contributed by atoms with Crippen LogP contribution in [0.15, 0.2) is 41.6 Å². The highest BCUT2D eigenvalue weighted by molar-refractivity contribution is 6.06. The highest BCUT2D eigenvalue weighted by atomic mass is 16.2. The lowest BCUT2D eigenvalue weighted by Gasteiger charge is -2.26. The van der Waals surface area contributed by atoms with Crippen molar-refractivity contribution >= 4 is 16.7 Å². The van der Waals surface area contributed by atoms with Crippen LogP contribution in [0.1, 0.15) is 21.7 Å². The van der Waals surface area contributed by atoms with Gasteiger partial charge in [-0.25, -0.2) is 4.98 Å². The Morgan fingerprint density at radius 2 is 2.00 bits per heavy atom. The lowest BCUT2D eigenvalue weighted by atomic mass is 10.1. The molecule has 0 saturated heterocycles. The summed E-state index contributed by atoms with van der Waals surface area (Å²) in [7, 11) is 0. The summed E-state index contributed by atoms with van der Waals surface area (Å²) in [5.74, 6) is -0.0762. The third-order valence-corrected chi connectivity index (χ3v) is 4.10. The first-order valence-corrected chi connectivity index (χ1v) is 7.15. The Morgan fingerprint density at radius 1 is 1.18 bits per heavy atom. The van der Waals surface area contributed by atoms with E-state index in [1.165, 1.54) is 6.20 Å². The molecule has 3 aromatic rings. The first-order valence-electron chi connectivity index (χ1n) is 7.15. The van der Waals surface area contributed by atoms with Crippen LogP contribution in [0, 0.1) is 0 Å². The topological polar surface area (TPSA) is 81.8 Å². The second kappa shape index (κ2) is 4.84. The zero-order valence-electron chi connectivity index (χ0n) is 11.8. The number of benzene rings is 1. The molecule has 0 spiro atoms. The molecule has 2 aromatic heterocycles. The molecular formula is C16H14N4O2. The van der Waals surface area contributed by atoms with Gasteiger partial charge in [0, 0.05) is 29.9 Å². The molecule has 0 saturated carbocycles. The van der Waals surface area contributed by atoms with Crippen LogP contribution in [0.2, 0.25) is 0 Å². The summed E-state index contributed by atoms with van der Waals surface area (Å²) in [6.07, 6.45) is 3.91. The average molecular weight is 294 g/mol. The van der Waals surface area contributed by atoms with Gasteiger partial charge >= 0.3 is 0 Å². The van der Waals surface area contributed by atoms with E-state index in [-0.39, 0.29) is 11.5 Å². The second-order valence-electron chi connectivity index (χ2n) is 5.38. The van der Waals surface area contributed by atoms with Crippen molar-refractivity contribution < 1.29 is 4.79 Å². The number of hydrogen-bond acceptors (Lipinski definition) is 3. The summed E-state index contributed by atoms with van der Waals surface area (Å²) in [5, 5.41) is 1.22. The average Bonchev–Trinajstić information content (AvgIpc) is 3.02. The Morgan fingerprint density at radius 3 is 2.86 bits per heavy atom. The normalized spacial score (nSPS) is 14.1. The summed E-state index contributed by atoms with van der Waals surface area (Å²) in [6.45, 7) is 1.14. The fourth-order valence-corrected chi connectivity index (χ4v) is 2.94. The molecule has 2 N–H and O–H groups in total. The Hall–Kier alpha value is -2.89. The second-order valence-corrected chi connectivity index (χ2v) is 5.38. The fraction of sp³-hybridized carbons (Fsp3) is 0.188. The number of carbonyl (C=O) groups is 1. The summed E-state index contributed by atoms with van der Waals surface area (Å²) in [6, 6.07) is 7.17. The fourth-order valence-electron chi connectivity index (χ4n) is 2.94. The maximum atomic E-state index is 12.8. The maximum Gasteiger partial charge on any atom is 0.256 e. The van der Waals surface area contributed by atoms with E-state index in [1.54, 1.807) is 23.4 Å². The van der Waals surface area contributed by atoms with Crippen LogP contribution in [0.3, 0.4) is 0 Å². The first-order chi connectivity index (χ1) is 10.7. The zero-order valence-corrected chi connectivity index (χ0v) is 11.8. The predicted molar refractivity (Wildman–Crippen MR) is 81.6 cm³/mol. The van der Waals surface area contributed by atoms with Crippen LogP contribution in [-0.2, 0) is 13.0 Å². The first kappa shape index (κ1) is 12.8. The molecule has 0 atom stereocenters. The van der Waals surface area contributed by atoms with Crippen molar-refractivity contribution in [2.45, 2.75) is 13.0 Å². The number of fused-ring (bicyclic) bond motifs is 2. The monoisotopic (exact) mass is 294 g/mol. The molecule has 1 aliphatic rings. The minimum Gasteiger partial charge on any atom is -0.347 e. The Labute approximate surface area is 125 Å². The van der Waals surface area contributed by atoms with Crippen molar-refractivity contribution in [3.05, 3.63) is 64.1 Å². The number of aromatic amines is 2.